The smallest absolute Gasteiger partial charge is 0.264 e. The molecule has 9 heteroatoms. The molecule has 0 aliphatic heterocycles. The van der Waals surface area contributed by atoms with Crippen molar-refractivity contribution in [2.24, 2.45) is 0 Å². The summed E-state index contributed by atoms with van der Waals surface area (Å²) in [6.45, 7) is 1.74. The monoisotopic (exact) mass is 436 g/mol. The predicted octanol–water partition coefficient (Wildman–Crippen LogP) is 2.75. The van der Waals surface area contributed by atoms with Gasteiger partial charge in [-0.25, -0.2) is 14.1 Å². The average Bonchev–Trinajstić information content (AvgIpc) is 3.25. The van der Waals surface area contributed by atoms with Crippen LogP contribution in [0.2, 0.25) is 0 Å². The van der Waals surface area contributed by atoms with E-state index in [4.69, 9.17) is 4.74 Å². The molecule has 0 aliphatic carbocycles. The van der Waals surface area contributed by atoms with Crippen LogP contribution in [-0.4, -0.2) is 42.9 Å². The first-order chi connectivity index (χ1) is 15.5. The maximum atomic E-state index is 13.2. The van der Waals surface area contributed by atoms with Gasteiger partial charge in [0.05, 0.1) is 18.4 Å². The number of fused-ring (bicyclic) bond motifs is 1. The second-order valence-corrected chi connectivity index (χ2v) is 7.24. The summed E-state index contributed by atoms with van der Waals surface area (Å²) in [6.07, 6.45) is 2.19. The third kappa shape index (κ3) is 4.42. The molecule has 32 heavy (non-hydrogen) atoms. The molecule has 1 atom stereocenters. The molecule has 0 amide bonds. The lowest BCUT2D eigenvalue weighted by atomic mass is 10.1. The van der Waals surface area contributed by atoms with Gasteiger partial charge in [0.2, 0.25) is 0 Å². The number of aliphatic hydroxyl groups is 1. The Bertz CT molecular complexity index is 1300. The number of ether oxygens (including phenoxy) is 1. The van der Waals surface area contributed by atoms with Gasteiger partial charge in [-0.3, -0.25) is 14.2 Å². The van der Waals surface area contributed by atoms with Gasteiger partial charge in [-0.2, -0.15) is 5.10 Å². The first kappa shape index (κ1) is 21.4. The second-order valence-electron chi connectivity index (χ2n) is 7.24. The van der Waals surface area contributed by atoms with E-state index < -0.39 is 6.10 Å². The Kier molecular flexibility index (Phi) is 6.09. The molecule has 8 nitrogen and oxygen atoms in total. The molecule has 2 aromatic carbocycles. The summed E-state index contributed by atoms with van der Waals surface area (Å²) in [7, 11) is 0. The molecule has 0 bridgehead atoms. The zero-order valence-electron chi connectivity index (χ0n) is 17.3. The number of benzene rings is 2. The highest BCUT2D eigenvalue weighted by atomic mass is 19.1. The number of hydrogen-bond donors (Lipinski definition) is 1. The van der Waals surface area contributed by atoms with Gasteiger partial charge in [0.1, 0.15) is 36.0 Å². The molecule has 0 saturated heterocycles. The molecule has 0 fully saturated rings. The lowest BCUT2D eigenvalue weighted by molar-refractivity contribution is 0.0913. The van der Waals surface area contributed by atoms with E-state index in [0.717, 1.165) is 0 Å². The summed E-state index contributed by atoms with van der Waals surface area (Å²) in [6, 6.07) is 12.4. The lowest BCUT2D eigenvalue weighted by Gasteiger charge is -2.14. The van der Waals surface area contributed by atoms with Crippen LogP contribution in [0, 0.1) is 5.82 Å². The molecule has 0 aliphatic rings. The summed E-state index contributed by atoms with van der Waals surface area (Å²) in [5.74, 6) is 0.182. The molecule has 0 radical (unpaired) electrons. The molecule has 0 spiro atoms. The minimum atomic E-state index is -0.962. The highest BCUT2D eigenvalue weighted by Crippen LogP contribution is 2.15. The van der Waals surface area contributed by atoms with Gasteiger partial charge >= 0.3 is 0 Å². The molecular weight excluding hydrogens is 415 g/mol. The first-order valence-electron chi connectivity index (χ1n) is 10.1. The molecule has 4 aromatic rings. The van der Waals surface area contributed by atoms with Gasteiger partial charge < -0.3 is 9.84 Å². The number of Topliss-reactive ketones (excluding diaryl/α,β-unsaturated/α-hetero) is 1. The van der Waals surface area contributed by atoms with Crippen molar-refractivity contribution in [3.8, 4) is 11.4 Å². The largest absolute Gasteiger partial charge is 0.491 e. The van der Waals surface area contributed by atoms with Gasteiger partial charge in [-0.05, 0) is 48.5 Å². The average molecular weight is 436 g/mol. The minimum Gasteiger partial charge on any atom is -0.491 e. The number of aromatic nitrogens is 4. The Morgan fingerprint density at radius 3 is 2.56 bits per heavy atom. The van der Waals surface area contributed by atoms with Crippen molar-refractivity contribution in [1.82, 2.24) is 19.3 Å². The fraction of sp³-hybridized carbons (Fsp3) is 0.217. The van der Waals surface area contributed by atoms with E-state index in [9.17, 15) is 19.1 Å². The van der Waals surface area contributed by atoms with Gasteiger partial charge in [0.15, 0.2) is 11.4 Å². The van der Waals surface area contributed by atoms with Crippen LogP contribution in [0.25, 0.3) is 16.7 Å². The van der Waals surface area contributed by atoms with Crippen LogP contribution in [0.15, 0.2) is 65.8 Å². The van der Waals surface area contributed by atoms with Crippen molar-refractivity contribution in [3.63, 3.8) is 0 Å². The van der Waals surface area contributed by atoms with Crippen LogP contribution in [0.5, 0.6) is 5.75 Å². The quantitative estimate of drug-likeness (QED) is 0.427. The second kappa shape index (κ2) is 9.11. The van der Waals surface area contributed by atoms with Crippen LogP contribution in [0.3, 0.4) is 0 Å². The van der Waals surface area contributed by atoms with Crippen molar-refractivity contribution in [1.29, 1.82) is 0 Å². The Labute approximate surface area is 182 Å². The maximum absolute atomic E-state index is 13.2. The Hall–Kier alpha value is -3.85. The summed E-state index contributed by atoms with van der Waals surface area (Å²) in [5.41, 5.74) is 1.16. The van der Waals surface area contributed by atoms with E-state index >= 15 is 0 Å². The van der Waals surface area contributed by atoms with Crippen LogP contribution >= 0.6 is 0 Å². The fourth-order valence-electron chi connectivity index (χ4n) is 3.26. The molecular formula is C23H21FN4O4. The van der Waals surface area contributed by atoms with Gasteiger partial charge in [0, 0.05) is 12.0 Å². The molecule has 164 valence electrons. The number of halogens is 1. The van der Waals surface area contributed by atoms with E-state index in [1.165, 1.54) is 33.9 Å². The topological polar surface area (TPSA) is 99.2 Å². The number of carbonyl (C=O) groups excluding carboxylic acids is 1. The summed E-state index contributed by atoms with van der Waals surface area (Å²) in [5, 5.41) is 14.8. The van der Waals surface area contributed by atoms with Gasteiger partial charge in [-0.1, -0.05) is 6.92 Å². The molecule has 0 saturated carbocycles. The third-order valence-corrected chi connectivity index (χ3v) is 4.97. The molecule has 2 aromatic heterocycles. The zero-order valence-corrected chi connectivity index (χ0v) is 17.3. The molecule has 1 N–H and O–H groups in total. The summed E-state index contributed by atoms with van der Waals surface area (Å²) < 4.78 is 21.5. The Balaban J connectivity index is 1.45. The Morgan fingerprint density at radius 1 is 1.16 bits per heavy atom. The van der Waals surface area contributed by atoms with E-state index in [1.807, 2.05) is 0 Å². The number of carbonyl (C=O) groups is 1. The number of aliphatic hydroxyl groups excluding tert-OH is 1. The van der Waals surface area contributed by atoms with Crippen LogP contribution < -0.4 is 10.3 Å². The fourth-order valence-corrected chi connectivity index (χ4v) is 3.26. The number of nitrogens with zero attached hydrogens (tertiary/aromatic N) is 4. The first-order valence-corrected chi connectivity index (χ1v) is 10.1. The number of rotatable bonds is 8. The van der Waals surface area contributed by atoms with Gasteiger partial charge in [-0.15, -0.1) is 0 Å². The van der Waals surface area contributed by atoms with Crippen LogP contribution in [0.4, 0.5) is 4.39 Å². The van der Waals surface area contributed by atoms with Crippen molar-refractivity contribution >= 4 is 16.8 Å². The maximum Gasteiger partial charge on any atom is 0.264 e. The third-order valence-electron chi connectivity index (χ3n) is 4.97. The highest BCUT2D eigenvalue weighted by molar-refractivity contribution is 5.95. The lowest BCUT2D eigenvalue weighted by Crippen LogP contribution is -2.30. The summed E-state index contributed by atoms with van der Waals surface area (Å²) >= 11 is 0. The Morgan fingerprint density at radius 2 is 1.88 bits per heavy atom. The van der Waals surface area contributed by atoms with Gasteiger partial charge in [0.25, 0.3) is 5.56 Å². The molecule has 4 rings (SSSR count). The van der Waals surface area contributed by atoms with Crippen molar-refractivity contribution in [3.05, 3.63) is 82.8 Å². The van der Waals surface area contributed by atoms with Crippen LogP contribution in [0.1, 0.15) is 23.7 Å². The SMILES string of the molecule is CCC(=O)c1ccc(OC[C@H](O)Cn2cnc3c(cnn3-c3ccc(F)cc3)c2=O)cc1. The normalized spacial score (nSPS) is 12.1. The summed E-state index contributed by atoms with van der Waals surface area (Å²) in [4.78, 5) is 28.8. The van der Waals surface area contributed by atoms with Crippen molar-refractivity contribution in [2.75, 3.05) is 6.61 Å². The molecule has 2 heterocycles. The van der Waals surface area contributed by atoms with Crippen molar-refractivity contribution < 1.29 is 19.0 Å². The van der Waals surface area contributed by atoms with E-state index in [2.05, 4.69) is 10.1 Å². The van der Waals surface area contributed by atoms with Crippen LogP contribution in [-0.2, 0) is 6.54 Å². The molecule has 0 unspecified atom stereocenters. The van der Waals surface area contributed by atoms with E-state index in [-0.39, 0.29) is 35.7 Å². The van der Waals surface area contributed by atoms with E-state index in [1.54, 1.807) is 43.3 Å². The number of ketones is 1. The van der Waals surface area contributed by atoms with E-state index in [0.29, 0.717) is 29.1 Å². The standard InChI is InChI=1S/C23H21FN4O4/c1-2-21(30)15-3-9-19(10-4-15)32-13-18(29)12-27-14-25-22-20(23(27)31)11-26-28(22)17-7-5-16(24)6-8-17/h3-11,14,18,29H,2,12-13H2,1H3/t18-/m1/s1. The number of hydrogen-bond acceptors (Lipinski definition) is 6. The zero-order chi connectivity index (χ0) is 22.7. The highest BCUT2D eigenvalue weighted by Gasteiger charge is 2.14. The van der Waals surface area contributed by atoms with Crippen molar-refractivity contribution in [2.45, 2.75) is 26.0 Å². The minimum absolute atomic E-state index is 0.0180. The predicted molar refractivity (Wildman–Crippen MR) is 116 cm³/mol.